The minimum Gasteiger partial charge on any atom is -0.342 e. The van der Waals surface area contributed by atoms with E-state index in [4.69, 9.17) is 5.73 Å². The van der Waals surface area contributed by atoms with Gasteiger partial charge in [-0.2, -0.15) is 0 Å². The summed E-state index contributed by atoms with van der Waals surface area (Å²) in [5.41, 5.74) is 5.80. The van der Waals surface area contributed by atoms with Crippen LogP contribution in [0.4, 0.5) is 0 Å². The maximum Gasteiger partial charge on any atom is 0.226 e. The number of hydrogen-bond donors (Lipinski definition) is 1. The lowest BCUT2D eigenvalue weighted by Gasteiger charge is -2.36. The molecule has 3 nitrogen and oxygen atoms in total. The highest BCUT2D eigenvalue weighted by atomic mass is 16.2. The number of nitrogens with two attached hydrogens (primary N) is 1. The van der Waals surface area contributed by atoms with Gasteiger partial charge in [-0.05, 0) is 38.5 Å². The molecule has 0 heterocycles. The Morgan fingerprint density at radius 2 is 1.82 bits per heavy atom. The highest BCUT2D eigenvalue weighted by Crippen LogP contribution is 2.29. The van der Waals surface area contributed by atoms with Crippen LogP contribution in [0.15, 0.2) is 0 Å². The zero-order chi connectivity index (χ0) is 13.0. The second-order valence-electron chi connectivity index (χ2n) is 5.68. The first-order valence-corrected chi connectivity index (χ1v) is 6.99. The van der Waals surface area contributed by atoms with Crippen molar-refractivity contribution in [3.8, 4) is 0 Å². The zero-order valence-corrected chi connectivity index (χ0v) is 11.8. The van der Waals surface area contributed by atoms with E-state index in [9.17, 15) is 4.79 Å². The standard InChI is InChI=1S/C14H28N2O/c1-5-12-6-8-13(9-7-12)16(4)14(17)10(2)11(3)15/h10-13H,5-9,15H2,1-4H3. The predicted octanol–water partition coefficient (Wildman–Crippen LogP) is 2.40. The second kappa shape index (κ2) is 6.39. The number of nitrogens with zero attached hydrogens (tertiary/aromatic N) is 1. The highest BCUT2D eigenvalue weighted by Gasteiger charge is 2.29. The maximum absolute atomic E-state index is 12.2. The molecule has 1 fully saturated rings. The number of carbonyl (C=O) groups excluding carboxylic acids is 1. The normalized spacial score (nSPS) is 28.5. The summed E-state index contributed by atoms with van der Waals surface area (Å²) in [6.07, 6.45) is 6.14. The van der Waals surface area contributed by atoms with Gasteiger partial charge in [0, 0.05) is 19.1 Å². The summed E-state index contributed by atoms with van der Waals surface area (Å²) in [4.78, 5) is 14.1. The quantitative estimate of drug-likeness (QED) is 0.820. The van der Waals surface area contributed by atoms with E-state index in [1.54, 1.807) is 0 Å². The van der Waals surface area contributed by atoms with Gasteiger partial charge in [-0.1, -0.05) is 20.3 Å². The number of rotatable bonds is 4. The van der Waals surface area contributed by atoms with Crippen LogP contribution >= 0.6 is 0 Å². The lowest BCUT2D eigenvalue weighted by molar-refractivity contribution is -0.137. The van der Waals surface area contributed by atoms with E-state index in [-0.39, 0.29) is 17.9 Å². The van der Waals surface area contributed by atoms with Crippen LogP contribution in [0, 0.1) is 11.8 Å². The van der Waals surface area contributed by atoms with Crippen molar-refractivity contribution in [1.82, 2.24) is 4.90 Å². The molecule has 0 aromatic rings. The van der Waals surface area contributed by atoms with Gasteiger partial charge in [0.25, 0.3) is 0 Å². The molecule has 17 heavy (non-hydrogen) atoms. The molecule has 1 saturated carbocycles. The minimum atomic E-state index is -0.0658. The summed E-state index contributed by atoms with van der Waals surface area (Å²) in [5, 5.41) is 0. The first kappa shape index (κ1) is 14.5. The van der Waals surface area contributed by atoms with E-state index in [2.05, 4.69) is 6.92 Å². The van der Waals surface area contributed by atoms with Gasteiger partial charge < -0.3 is 10.6 Å². The molecule has 0 aromatic heterocycles. The van der Waals surface area contributed by atoms with Crippen molar-refractivity contribution < 1.29 is 4.79 Å². The molecule has 1 rings (SSSR count). The lowest BCUT2D eigenvalue weighted by Crippen LogP contribution is -2.45. The smallest absolute Gasteiger partial charge is 0.226 e. The van der Waals surface area contributed by atoms with Crippen LogP contribution in [0.25, 0.3) is 0 Å². The van der Waals surface area contributed by atoms with Crippen LogP contribution in [-0.4, -0.2) is 29.9 Å². The van der Waals surface area contributed by atoms with Gasteiger partial charge in [0.05, 0.1) is 5.92 Å². The molecule has 1 aliphatic carbocycles. The Morgan fingerprint density at radius 3 is 2.24 bits per heavy atom. The van der Waals surface area contributed by atoms with Gasteiger partial charge >= 0.3 is 0 Å². The molecule has 0 spiro atoms. The molecule has 3 heteroatoms. The molecule has 1 aliphatic rings. The number of hydrogen-bond acceptors (Lipinski definition) is 2. The Morgan fingerprint density at radius 1 is 1.29 bits per heavy atom. The van der Waals surface area contributed by atoms with Crippen LogP contribution in [0.3, 0.4) is 0 Å². The van der Waals surface area contributed by atoms with Crippen molar-refractivity contribution in [3.05, 3.63) is 0 Å². The summed E-state index contributed by atoms with van der Waals surface area (Å²) in [5.74, 6) is 1.02. The Hall–Kier alpha value is -0.570. The van der Waals surface area contributed by atoms with Crippen LogP contribution in [0.2, 0.25) is 0 Å². The van der Waals surface area contributed by atoms with E-state index in [0.29, 0.717) is 6.04 Å². The highest BCUT2D eigenvalue weighted by molar-refractivity contribution is 5.79. The Balaban J connectivity index is 2.48. The van der Waals surface area contributed by atoms with Crippen LogP contribution < -0.4 is 5.73 Å². The average molecular weight is 240 g/mol. The second-order valence-corrected chi connectivity index (χ2v) is 5.68. The van der Waals surface area contributed by atoms with Crippen molar-refractivity contribution in [1.29, 1.82) is 0 Å². The van der Waals surface area contributed by atoms with Crippen molar-refractivity contribution in [2.24, 2.45) is 17.6 Å². The zero-order valence-electron chi connectivity index (χ0n) is 11.8. The summed E-state index contributed by atoms with van der Waals surface area (Å²) in [6, 6.07) is 0.378. The molecular weight excluding hydrogens is 212 g/mol. The van der Waals surface area contributed by atoms with Crippen molar-refractivity contribution in [2.75, 3.05) is 7.05 Å². The molecule has 1 amide bonds. The fraction of sp³-hybridized carbons (Fsp3) is 0.929. The average Bonchev–Trinajstić information content (AvgIpc) is 2.36. The van der Waals surface area contributed by atoms with Gasteiger partial charge in [0.15, 0.2) is 0 Å². The first-order valence-electron chi connectivity index (χ1n) is 6.99. The SMILES string of the molecule is CCC1CCC(N(C)C(=O)C(C)C(C)N)CC1. The maximum atomic E-state index is 12.2. The molecule has 0 aromatic carbocycles. The fourth-order valence-electron chi connectivity index (χ4n) is 2.67. The summed E-state index contributed by atoms with van der Waals surface area (Å²) in [6.45, 7) is 6.10. The summed E-state index contributed by atoms with van der Waals surface area (Å²) in [7, 11) is 1.94. The van der Waals surface area contributed by atoms with Crippen molar-refractivity contribution in [2.45, 2.75) is 65.0 Å². The third-order valence-corrected chi connectivity index (χ3v) is 4.47. The first-order chi connectivity index (χ1) is 7.97. The van der Waals surface area contributed by atoms with Gasteiger partial charge in [0.1, 0.15) is 0 Å². The van der Waals surface area contributed by atoms with E-state index in [0.717, 1.165) is 18.8 Å². The molecule has 100 valence electrons. The third kappa shape index (κ3) is 3.70. The molecule has 2 atom stereocenters. The minimum absolute atomic E-state index is 0.0584. The fourth-order valence-corrected chi connectivity index (χ4v) is 2.67. The van der Waals surface area contributed by atoms with Gasteiger partial charge in [-0.3, -0.25) is 4.79 Å². The molecular formula is C14H28N2O. The molecule has 0 bridgehead atoms. The molecule has 0 saturated heterocycles. The van der Waals surface area contributed by atoms with Gasteiger partial charge in [-0.15, -0.1) is 0 Å². The summed E-state index contributed by atoms with van der Waals surface area (Å²) >= 11 is 0. The molecule has 2 N–H and O–H groups in total. The van der Waals surface area contributed by atoms with E-state index in [1.807, 2.05) is 25.8 Å². The number of amides is 1. The van der Waals surface area contributed by atoms with Gasteiger partial charge in [0.2, 0.25) is 5.91 Å². The number of carbonyl (C=O) groups is 1. The van der Waals surface area contributed by atoms with Crippen molar-refractivity contribution >= 4 is 5.91 Å². The monoisotopic (exact) mass is 240 g/mol. The molecule has 0 radical (unpaired) electrons. The van der Waals surface area contributed by atoms with E-state index >= 15 is 0 Å². The van der Waals surface area contributed by atoms with Crippen LogP contribution in [-0.2, 0) is 4.79 Å². The van der Waals surface area contributed by atoms with Crippen LogP contribution in [0.1, 0.15) is 52.9 Å². The largest absolute Gasteiger partial charge is 0.342 e. The third-order valence-electron chi connectivity index (χ3n) is 4.47. The molecule has 0 aliphatic heterocycles. The molecule has 2 unspecified atom stereocenters. The van der Waals surface area contributed by atoms with Gasteiger partial charge in [-0.25, -0.2) is 0 Å². The summed E-state index contributed by atoms with van der Waals surface area (Å²) < 4.78 is 0. The predicted molar refractivity (Wildman–Crippen MR) is 71.6 cm³/mol. The lowest BCUT2D eigenvalue weighted by atomic mass is 9.83. The van der Waals surface area contributed by atoms with E-state index < -0.39 is 0 Å². The Labute approximate surface area is 106 Å². The van der Waals surface area contributed by atoms with E-state index in [1.165, 1.54) is 19.3 Å². The Bertz CT molecular complexity index is 245. The van der Waals surface area contributed by atoms with Crippen LogP contribution in [0.5, 0.6) is 0 Å². The Kier molecular flexibility index (Phi) is 5.44. The topological polar surface area (TPSA) is 46.3 Å². The van der Waals surface area contributed by atoms with Crippen molar-refractivity contribution in [3.63, 3.8) is 0 Å².